The van der Waals surface area contributed by atoms with E-state index in [1.54, 1.807) is 28.9 Å². The van der Waals surface area contributed by atoms with Crippen molar-refractivity contribution in [1.82, 2.24) is 20.2 Å². The van der Waals surface area contributed by atoms with Crippen LogP contribution in [0.2, 0.25) is 0 Å². The summed E-state index contributed by atoms with van der Waals surface area (Å²) in [4.78, 5) is 12.7. The standard InChI is InChI=1S/C19H23N7O2.2ClH/c1-2-17(18(27)21-14-8-10-16(11-9-14)28-13-12-20)22-19-23-24-25-26(19)15-6-4-3-5-7-15;;/h3-11,17H,2,12-13,20H2,1H3,(H,21,27)(H,22,23,25);2*1H. The van der Waals surface area contributed by atoms with E-state index in [4.69, 9.17) is 10.5 Å². The molecule has 3 rings (SSSR count). The number of anilines is 2. The van der Waals surface area contributed by atoms with Crippen LogP contribution in [0.1, 0.15) is 13.3 Å². The third-order valence-corrected chi connectivity index (χ3v) is 4.01. The Hall–Kier alpha value is -2.88. The molecule has 0 aliphatic heterocycles. The minimum atomic E-state index is -0.498. The monoisotopic (exact) mass is 453 g/mol. The van der Waals surface area contributed by atoms with E-state index in [1.165, 1.54) is 0 Å². The van der Waals surface area contributed by atoms with Gasteiger partial charge in [0.05, 0.1) is 5.69 Å². The summed E-state index contributed by atoms with van der Waals surface area (Å²) < 4.78 is 6.99. The van der Waals surface area contributed by atoms with Gasteiger partial charge in [0.15, 0.2) is 0 Å². The lowest BCUT2D eigenvalue weighted by molar-refractivity contribution is -0.117. The number of para-hydroxylation sites is 1. The van der Waals surface area contributed by atoms with E-state index in [1.807, 2.05) is 37.3 Å². The lowest BCUT2D eigenvalue weighted by atomic mass is 10.2. The van der Waals surface area contributed by atoms with Crippen LogP contribution < -0.4 is 21.1 Å². The van der Waals surface area contributed by atoms with Crippen molar-refractivity contribution >= 4 is 42.4 Å². The van der Waals surface area contributed by atoms with Crippen LogP contribution >= 0.6 is 24.8 Å². The molecule has 162 valence electrons. The fraction of sp³-hybridized carbons (Fsp3) is 0.263. The number of ether oxygens (including phenoxy) is 1. The Morgan fingerprint density at radius 3 is 2.47 bits per heavy atom. The van der Waals surface area contributed by atoms with Crippen molar-refractivity contribution in [2.24, 2.45) is 5.73 Å². The van der Waals surface area contributed by atoms with E-state index in [2.05, 4.69) is 26.2 Å². The minimum absolute atomic E-state index is 0. The Bertz CT molecular complexity index is 891. The number of hydrogen-bond donors (Lipinski definition) is 3. The van der Waals surface area contributed by atoms with E-state index in [0.29, 0.717) is 37.0 Å². The molecule has 0 saturated carbocycles. The Kier molecular flexibility index (Phi) is 10.6. The van der Waals surface area contributed by atoms with Crippen molar-refractivity contribution in [3.63, 3.8) is 0 Å². The second-order valence-electron chi connectivity index (χ2n) is 6.01. The van der Waals surface area contributed by atoms with Crippen molar-refractivity contribution in [1.29, 1.82) is 0 Å². The van der Waals surface area contributed by atoms with Gasteiger partial charge in [-0.25, -0.2) is 0 Å². The molecule has 1 amide bonds. The highest BCUT2D eigenvalue weighted by atomic mass is 35.5. The van der Waals surface area contributed by atoms with Gasteiger partial charge < -0.3 is 21.1 Å². The Morgan fingerprint density at radius 2 is 1.83 bits per heavy atom. The molecule has 0 spiro atoms. The maximum absolute atomic E-state index is 12.7. The molecular formula is C19H25Cl2N7O2. The second kappa shape index (κ2) is 12.6. The Balaban J connectivity index is 0.00000225. The van der Waals surface area contributed by atoms with Crippen molar-refractivity contribution in [2.45, 2.75) is 19.4 Å². The van der Waals surface area contributed by atoms with Crippen molar-refractivity contribution < 1.29 is 9.53 Å². The zero-order valence-electron chi connectivity index (χ0n) is 16.4. The van der Waals surface area contributed by atoms with Crippen LogP contribution in [0.15, 0.2) is 54.6 Å². The largest absolute Gasteiger partial charge is 0.492 e. The molecule has 11 heteroatoms. The van der Waals surface area contributed by atoms with Crippen molar-refractivity contribution in [2.75, 3.05) is 23.8 Å². The number of hydrogen-bond acceptors (Lipinski definition) is 7. The smallest absolute Gasteiger partial charge is 0.248 e. The predicted octanol–water partition coefficient (Wildman–Crippen LogP) is 2.67. The molecule has 0 bridgehead atoms. The Labute approximate surface area is 187 Å². The van der Waals surface area contributed by atoms with Crippen LogP contribution in [0.3, 0.4) is 0 Å². The van der Waals surface area contributed by atoms with Gasteiger partial charge in [-0.15, -0.1) is 24.8 Å². The summed E-state index contributed by atoms with van der Waals surface area (Å²) in [6.07, 6.45) is 0.561. The molecule has 1 heterocycles. The second-order valence-corrected chi connectivity index (χ2v) is 6.01. The van der Waals surface area contributed by atoms with Crippen LogP contribution in [0.5, 0.6) is 5.75 Å². The number of nitrogens with two attached hydrogens (primary N) is 1. The first-order valence-corrected chi connectivity index (χ1v) is 9.05. The molecule has 2 aromatic carbocycles. The normalized spacial score (nSPS) is 10.9. The molecule has 0 aliphatic carbocycles. The number of nitrogens with zero attached hydrogens (tertiary/aromatic N) is 4. The third kappa shape index (κ3) is 6.58. The van der Waals surface area contributed by atoms with Gasteiger partial charge in [-0.2, -0.15) is 4.68 Å². The quantitative estimate of drug-likeness (QED) is 0.455. The first kappa shape index (κ1) is 25.2. The molecule has 1 unspecified atom stereocenters. The zero-order valence-corrected chi connectivity index (χ0v) is 18.0. The number of tetrazole rings is 1. The van der Waals surface area contributed by atoms with Gasteiger partial charge >= 0.3 is 0 Å². The average molecular weight is 454 g/mol. The lowest BCUT2D eigenvalue weighted by Gasteiger charge is -2.17. The highest BCUT2D eigenvalue weighted by molar-refractivity contribution is 5.96. The predicted molar refractivity (Wildman–Crippen MR) is 121 cm³/mol. The fourth-order valence-corrected chi connectivity index (χ4v) is 2.57. The summed E-state index contributed by atoms with van der Waals surface area (Å²) in [7, 11) is 0. The summed E-state index contributed by atoms with van der Waals surface area (Å²) >= 11 is 0. The number of carbonyl (C=O) groups is 1. The van der Waals surface area contributed by atoms with Crippen LogP contribution in [-0.4, -0.2) is 45.3 Å². The number of amides is 1. The molecule has 4 N–H and O–H groups in total. The van der Waals surface area contributed by atoms with E-state index in [0.717, 1.165) is 5.69 Å². The molecule has 9 nitrogen and oxygen atoms in total. The molecule has 0 radical (unpaired) electrons. The summed E-state index contributed by atoms with van der Waals surface area (Å²) in [6.45, 7) is 2.81. The van der Waals surface area contributed by atoms with Gasteiger partial charge in [0.25, 0.3) is 0 Å². The van der Waals surface area contributed by atoms with Gasteiger partial charge in [0.1, 0.15) is 18.4 Å². The molecule has 3 aromatic rings. The highest BCUT2D eigenvalue weighted by Crippen LogP contribution is 2.17. The van der Waals surface area contributed by atoms with E-state index >= 15 is 0 Å². The van der Waals surface area contributed by atoms with Crippen LogP contribution in [0.25, 0.3) is 5.69 Å². The minimum Gasteiger partial charge on any atom is -0.492 e. The van der Waals surface area contributed by atoms with Crippen LogP contribution in [0, 0.1) is 0 Å². The first-order chi connectivity index (χ1) is 13.7. The summed E-state index contributed by atoms with van der Waals surface area (Å²) in [5.41, 5.74) is 6.90. The van der Waals surface area contributed by atoms with Gasteiger partial charge in [0.2, 0.25) is 11.9 Å². The lowest BCUT2D eigenvalue weighted by Crippen LogP contribution is -2.35. The fourth-order valence-electron chi connectivity index (χ4n) is 2.57. The number of aromatic nitrogens is 4. The number of nitrogens with one attached hydrogen (secondary N) is 2. The van der Waals surface area contributed by atoms with Crippen molar-refractivity contribution in [3.8, 4) is 11.4 Å². The summed E-state index contributed by atoms with van der Waals surface area (Å²) in [5.74, 6) is 0.926. The number of halogens is 2. The summed E-state index contributed by atoms with van der Waals surface area (Å²) in [6, 6.07) is 16.1. The molecular weight excluding hydrogens is 429 g/mol. The molecule has 1 atom stereocenters. The number of rotatable bonds is 9. The maximum Gasteiger partial charge on any atom is 0.248 e. The highest BCUT2D eigenvalue weighted by Gasteiger charge is 2.20. The maximum atomic E-state index is 12.7. The van der Waals surface area contributed by atoms with Crippen molar-refractivity contribution in [3.05, 3.63) is 54.6 Å². The molecule has 1 aromatic heterocycles. The molecule has 30 heavy (non-hydrogen) atoms. The molecule has 0 saturated heterocycles. The molecule has 0 aliphatic rings. The van der Waals surface area contributed by atoms with Gasteiger partial charge in [-0.1, -0.05) is 30.2 Å². The number of benzene rings is 2. The SMILES string of the molecule is CCC(Nc1nnnn1-c1ccccc1)C(=O)Nc1ccc(OCCN)cc1.Cl.Cl. The van der Waals surface area contributed by atoms with Gasteiger partial charge in [-0.05, 0) is 53.2 Å². The Morgan fingerprint density at radius 1 is 1.13 bits per heavy atom. The van der Waals surface area contributed by atoms with Crippen LogP contribution in [0.4, 0.5) is 11.6 Å². The molecule has 0 fully saturated rings. The third-order valence-electron chi connectivity index (χ3n) is 4.01. The zero-order chi connectivity index (χ0) is 19.8. The van der Waals surface area contributed by atoms with E-state index in [-0.39, 0.29) is 30.7 Å². The summed E-state index contributed by atoms with van der Waals surface area (Å²) in [5, 5.41) is 17.7. The number of carbonyl (C=O) groups excluding carboxylic acids is 1. The van der Waals surface area contributed by atoms with Gasteiger partial charge in [0, 0.05) is 12.2 Å². The average Bonchev–Trinajstić information content (AvgIpc) is 3.20. The topological polar surface area (TPSA) is 120 Å². The van der Waals surface area contributed by atoms with Gasteiger partial charge in [-0.3, -0.25) is 4.79 Å². The van der Waals surface area contributed by atoms with E-state index in [9.17, 15) is 4.79 Å². The first-order valence-electron chi connectivity index (χ1n) is 9.05. The van der Waals surface area contributed by atoms with Crippen LogP contribution in [-0.2, 0) is 4.79 Å². The van der Waals surface area contributed by atoms with E-state index < -0.39 is 6.04 Å².